The van der Waals surface area contributed by atoms with Crippen LogP contribution >= 0.6 is 63.3 Å². The zero-order chi connectivity index (χ0) is 49.9. The number of aromatic nitrogens is 4. The third-order valence-electron chi connectivity index (χ3n) is 10.3. The van der Waals surface area contributed by atoms with E-state index in [9.17, 15) is 31.0 Å². The molecular formula is C46H35Br2Cl2N8O9PS2. The highest BCUT2D eigenvalue weighted by atomic mass is 79.9. The van der Waals surface area contributed by atoms with Gasteiger partial charge in [-0.3, -0.25) is 23.2 Å². The molecule has 8 rings (SSSR count). The van der Waals surface area contributed by atoms with Crippen LogP contribution < -0.4 is 20.9 Å². The minimum atomic E-state index is -4.01. The van der Waals surface area contributed by atoms with Crippen LogP contribution in [0.4, 0.5) is 0 Å². The topological polar surface area (TPSA) is 250 Å². The average molecular weight is 1170 g/mol. The summed E-state index contributed by atoms with van der Waals surface area (Å²) in [6.07, 6.45) is -2.85. The highest BCUT2D eigenvalue weighted by Gasteiger charge is 2.28. The van der Waals surface area contributed by atoms with E-state index in [2.05, 4.69) is 52.7 Å². The number of nitrogens with zero attached hydrogens (tertiary/aromatic N) is 4. The molecule has 24 heteroatoms. The minimum Gasteiger partial charge on any atom is -0.321 e. The van der Waals surface area contributed by atoms with Crippen LogP contribution in [0.1, 0.15) is 44.6 Å². The third-order valence-corrected chi connectivity index (χ3v) is 14.7. The summed E-state index contributed by atoms with van der Waals surface area (Å²) in [6, 6.07) is 40.9. The van der Waals surface area contributed by atoms with Gasteiger partial charge in [0.15, 0.2) is 23.8 Å². The predicted molar refractivity (Wildman–Crippen MR) is 271 cm³/mol. The summed E-state index contributed by atoms with van der Waals surface area (Å²) >= 11 is 20.0. The fraction of sp³-hybridized carbons (Fsp3) is 0.0435. The number of hydrogen-bond acceptors (Lipinski definition) is 11. The zero-order valence-electron chi connectivity index (χ0n) is 35.6. The van der Waals surface area contributed by atoms with E-state index in [1.807, 2.05) is 0 Å². The van der Waals surface area contributed by atoms with Gasteiger partial charge in [0.05, 0.1) is 32.6 Å². The van der Waals surface area contributed by atoms with Crippen molar-refractivity contribution >= 4 is 95.2 Å². The van der Waals surface area contributed by atoms with Crippen molar-refractivity contribution in [2.24, 2.45) is 10.3 Å². The number of hydrogen-bond donors (Lipinski definition) is 4. The Kier molecular flexibility index (Phi) is 15.4. The lowest BCUT2D eigenvalue weighted by Crippen LogP contribution is -2.31. The van der Waals surface area contributed by atoms with Crippen molar-refractivity contribution in [3.8, 4) is 33.9 Å². The van der Waals surface area contributed by atoms with Crippen LogP contribution in [-0.2, 0) is 33.7 Å². The number of carbonyl (C=O) groups excluding carboxylic acids is 2. The molecule has 0 aliphatic rings. The molecule has 0 spiro atoms. The number of rotatable bonds is 16. The molecule has 0 saturated carbocycles. The van der Waals surface area contributed by atoms with Gasteiger partial charge in [0.25, 0.3) is 11.8 Å². The molecule has 0 bridgehead atoms. The van der Waals surface area contributed by atoms with E-state index in [-0.39, 0.29) is 21.2 Å². The lowest BCUT2D eigenvalue weighted by molar-refractivity contribution is 0.0688. The molecular weight excluding hydrogens is 1130 g/mol. The zero-order valence-corrected chi connectivity index (χ0v) is 42.9. The minimum absolute atomic E-state index is 0.132. The quantitative estimate of drug-likeness (QED) is 0.0524. The number of halogens is 4. The molecule has 0 fully saturated rings. The first kappa shape index (κ1) is 50.6. The fourth-order valence-electron chi connectivity index (χ4n) is 6.90. The standard InChI is InChI=1S/C46H35Br2Cl2N8O9PS2/c47-29-13-9-27(10-14-29)45(53-43(59)39-25-41(35-5-1-3-7-37(35)49)57(55-39)31-17-21-33(22-18-31)69(51,62)63)66-68(61)67-46(28-11-15-30(48)16-12-28)54-44(60)40-26-42(36-6-2-4-8-38(36)50)58(56-40)32-19-23-34(24-20-32)70(52,64)65/h1-26,45-46,68H,(H,53,59)(H,54,60)(H2,51,62,63)(H2,52,64,65). The highest BCUT2D eigenvalue weighted by Crippen LogP contribution is 2.39. The SMILES string of the molecule is NS(=O)(=O)c1ccc(-n2nc(C(=O)NC(O[PH](=O)OC(NC(=O)c3cc(-c4ccccc4Cl)n(-c4ccc(S(N)(=O)=O)cc4)n3)c3ccc(Br)cc3)c3ccc(Br)cc3)cc2-c2ccccc2Cl)cc1. The molecule has 2 amide bonds. The van der Waals surface area contributed by atoms with Gasteiger partial charge >= 0.3 is 8.25 Å². The maximum absolute atomic E-state index is 14.2. The average Bonchev–Trinajstić information content (AvgIpc) is 3.98. The van der Waals surface area contributed by atoms with Crippen molar-refractivity contribution in [3.63, 3.8) is 0 Å². The van der Waals surface area contributed by atoms with Crippen molar-refractivity contribution in [2.75, 3.05) is 0 Å². The number of sulfonamides is 2. The number of primary sulfonamides is 2. The molecule has 6 N–H and O–H groups in total. The Morgan fingerprint density at radius 3 is 1.23 bits per heavy atom. The number of amides is 2. The monoisotopic (exact) mass is 1170 g/mol. The second-order valence-electron chi connectivity index (χ2n) is 15.0. The van der Waals surface area contributed by atoms with Crippen LogP contribution in [0, 0.1) is 0 Å². The maximum atomic E-state index is 14.2. The summed E-state index contributed by atoms with van der Waals surface area (Å²) in [5, 5.41) is 25.9. The van der Waals surface area contributed by atoms with Crippen molar-refractivity contribution in [2.45, 2.75) is 22.2 Å². The van der Waals surface area contributed by atoms with Gasteiger partial charge in [-0.1, -0.05) is 116 Å². The van der Waals surface area contributed by atoms with E-state index < -0.39 is 52.6 Å². The Balaban J connectivity index is 1.09. The van der Waals surface area contributed by atoms with Crippen LogP contribution in [-0.4, -0.2) is 48.2 Å². The molecule has 2 unspecified atom stereocenters. The molecule has 0 radical (unpaired) electrons. The Morgan fingerprint density at radius 1 is 0.557 bits per heavy atom. The van der Waals surface area contributed by atoms with E-state index in [4.69, 9.17) is 42.5 Å². The van der Waals surface area contributed by atoms with E-state index in [0.717, 1.165) is 0 Å². The summed E-state index contributed by atoms with van der Waals surface area (Å²) in [5.74, 6) is -1.56. The van der Waals surface area contributed by atoms with Crippen molar-refractivity contribution < 1.29 is 40.0 Å². The summed E-state index contributed by atoms with van der Waals surface area (Å²) in [4.78, 5) is 28.2. The third kappa shape index (κ3) is 11.8. The summed E-state index contributed by atoms with van der Waals surface area (Å²) in [6.45, 7) is 0. The molecule has 2 atom stereocenters. The van der Waals surface area contributed by atoms with Gasteiger partial charge in [-0.25, -0.2) is 36.5 Å². The Hall–Kier alpha value is -5.81. The van der Waals surface area contributed by atoms with E-state index in [1.165, 1.54) is 70.0 Å². The fourth-order valence-corrected chi connectivity index (χ4v) is 9.75. The molecule has 8 aromatic rings. The van der Waals surface area contributed by atoms with Gasteiger partial charge in [-0.2, -0.15) is 10.2 Å². The van der Waals surface area contributed by atoms with Crippen molar-refractivity contribution in [1.82, 2.24) is 30.2 Å². The molecule has 2 aromatic heterocycles. The van der Waals surface area contributed by atoms with E-state index >= 15 is 0 Å². The van der Waals surface area contributed by atoms with Crippen molar-refractivity contribution in [1.29, 1.82) is 0 Å². The van der Waals surface area contributed by atoms with Crippen molar-refractivity contribution in [3.05, 3.63) is 199 Å². The van der Waals surface area contributed by atoms with Crippen LogP contribution in [0.2, 0.25) is 10.0 Å². The maximum Gasteiger partial charge on any atom is 0.323 e. The lowest BCUT2D eigenvalue weighted by atomic mass is 10.1. The van der Waals surface area contributed by atoms with Crippen LogP contribution in [0.25, 0.3) is 33.9 Å². The summed E-state index contributed by atoms with van der Waals surface area (Å²) in [5.41, 5.74) is 2.90. The van der Waals surface area contributed by atoms with Gasteiger partial charge in [-0.05, 0) is 97.1 Å². The normalized spacial score (nSPS) is 13.1. The number of nitrogens with one attached hydrogen (secondary N) is 2. The molecule has 0 saturated heterocycles. The second-order valence-corrected chi connectivity index (χ2v) is 21.7. The number of benzene rings is 6. The molecule has 17 nitrogen and oxygen atoms in total. The first-order valence-corrected chi connectivity index (χ1v) is 26.9. The van der Waals surface area contributed by atoms with Gasteiger partial charge in [0.1, 0.15) is 0 Å². The highest BCUT2D eigenvalue weighted by molar-refractivity contribution is 9.10. The number of carbonyl (C=O) groups is 2. The van der Waals surface area contributed by atoms with Crippen LogP contribution in [0.3, 0.4) is 0 Å². The largest absolute Gasteiger partial charge is 0.323 e. The van der Waals surface area contributed by atoms with Gasteiger partial charge < -0.3 is 10.6 Å². The molecule has 0 aliphatic carbocycles. The summed E-state index contributed by atoms with van der Waals surface area (Å²) in [7, 11) is -11.7. The van der Waals surface area contributed by atoms with Crippen LogP contribution in [0.5, 0.6) is 0 Å². The van der Waals surface area contributed by atoms with Gasteiger partial charge in [0, 0.05) is 41.2 Å². The first-order chi connectivity index (χ1) is 33.3. The predicted octanol–water partition coefficient (Wildman–Crippen LogP) is 9.50. The summed E-state index contributed by atoms with van der Waals surface area (Å²) < 4.78 is 78.4. The van der Waals surface area contributed by atoms with Crippen LogP contribution in [0.15, 0.2) is 176 Å². The molecule has 358 valence electrons. The Morgan fingerprint density at radius 2 is 0.900 bits per heavy atom. The van der Waals surface area contributed by atoms with Gasteiger partial charge in [0.2, 0.25) is 20.0 Å². The lowest BCUT2D eigenvalue weighted by Gasteiger charge is -2.23. The van der Waals surface area contributed by atoms with E-state index in [1.54, 1.807) is 97.1 Å². The molecule has 0 aliphatic heterocycles. The Labute approximate surface area is 428 Å². The number of nitrogens with two attached hydrogens (primary N) is 2. The molecule has 70 heavy (non-hydrogen) atoms. The second kappa shape index (κ2) is 21.3. The molecule has 6 aromatic carbocycles. The molecule has 2 heterocycles. The Bertz CT molecular complexity index is 3280. The van der Waals surface area contributed by atoms with Gasteiger partial charge in [-0.15, -0.1) is 0 Å². The smallest absolute Gasteiger partial charge is 0.321 e. The first-order valence-electron chi connectivity index (χ1n) is 20.3. The van der Waals surface area contributed by atoms with E-state index in [0.29, 0.717) is 64.0 Å².